The van der Waals surface area contributed by atoms with Gasteiger partial charge in [0.15, 0.2) is 17.9 Å². The van der Waals surface area contributed by atoms with E-state index < -0.39 is 135 Å². The standard InChI is InChI=1S/C59H88N2O18/c1-36-18-15-13-11-9-7-5-6-8-10-12-14-16-21-47(77-58-55(72)53(60)54(71)38(3)76-58)33-50-52(57(73)74)49(69)35-59(75,79-50)34-46(67)30-44(65)28-41(62)19-17-20-42(63)29-45(66)32-51(70)78-56(36)37(2)22-27-43(64)31-48(68)39-23-25-40(61-4)26-24-39/h5-16,18,21,23-26,36-38,41-47,49-50,52-56,58,61-67,69,71-72,75H,17,19-20,22,27-35,60H2,1-4H3,(H,73,74)/b6-5-,9-7-,10-8-,13-11-,14-12-,18-15-,21-16-/t36-,37+,38+,41+,42+,43-,44+,45+,46-,47-,49+,50+,52-,53-,54+,55-,56-,58-,59-/m0/s1. The molecule has 1 aromatic rings. The summed E-state index contributed by atoms with van der Waals surface area (Å²) in [6.07, 6.45) is 6.09. The number of aliphatic hydroxyl groups is 10. The second-order valence-electron chi connectivity index (χ2n) is 21.4. The lowest BCUT2D eigenvalue weighted by molar-refractivity contribution is -0.308. The maximum atomic E-state index is 13.3. The lowest BCUT2D eigenvalue weighted by atomic mass is 9.82. The molecule has 79 heavy (non-hydrogen) atoms. The van der Waals surface area contributed by atoms with Crippen LogP contribution in [0.25, 0.3) is 0 Å². The summed E-state index contributed by atoms with van der Waals surface area (Å²) in [4.78, 5) is 38.8. The number of aliphatic carboxylic acids is 1. The van der Waals surface area contributed by atoms with Gasteiger partial charge in [-0.05, 0) is 88.5 Å². The van der Waals surface area contributed by atoms with Crippen molar-refractivity contribution in [1.29, 1.82) is 0 Å². The summed E-state index contributed by atoms with van der Waals surface area (Å²) in [5.74, 6) is -6.77. The van der Waals surface area contributed by atoms with Crippen LogP contribution in [0.5, 0.6) is 0 Å². The molecule has 2 fully saturated rings. The first-order chi connectivity index (χ1) is 37.5. The zero-order chi connectivity index (χ0) is 58.2. The van der Waals surface area contributed by atoms with Gasteiger partial charge in [0, 0.05) is 49.9 Å². The first-order valence-electron chi connectivity index (χ1n) is 27.5. The molecule has 0 saturated carbocycles. The highest BCUT2D eigenvalue weighted by Gasteiger charge is 2.51. The van der Waals surface area contributed by atoms with Crippen LogP contribution in [-0.4, -0.2) is 178 Å². The van der Waals surface area contributed by atoms with Crippen molar-refractivity contribution in [2.75, 3.05) is 12.4 Å². The molecular weight excluding hydrogens is 1020 g/mol. The molecule has 1 aromatic carbocycles. The zero-order valence-electron chi connectivity index (χ0n) is 45.8. The van der Waals surface area contributed by atoms with Crippen LogP contribution in [0.2, 0.25) is 0 Å². The highest BCUT2D eigenvalue weighted by Crippen LogP contribution is 2.38. The molecule has 0 amide bonds. The lowest BCUT2D eigenvalue weighted by Gasteiger charge is -2.45. The molecule has 0 aliphatic carbocycles. The van der Waals surface area contributed by atoms with E-state index in [1.807, 2.05) is 32.1 Å². The molecule has 19 atom stereocenters. The van der Waals surface area contributed by atoms with E-state index >= 15 is 0 Å². The van der Waals surface area contributed by atoms with Crippen molar-refractivity contribution in [3.05, 3.63) is 115 Å². The number of carboxylic acids is 1. The Morgan fingerprint density at radius 2 is 1.30 bits per heavy atom. The molecule has 0 aromatic heterocycles. The van der Waals surface area contributed by atoms with Gasteiger partial charge in [0.2, 0.25) is 0 Å². The molecule has 0 unspecified atom stereocenters. The number of benzene rings is 1. The van der Waals surface area contributed by atoms with Gasteiger partial charge in [0.1, 0.15) is 18.1 Å². The van der Waals surface area contributed by atoms with Gasteiger partial charge in [0.05, 0.1) is 79.6 Å². The summed E-state index contributed by atoms with van der Waals surface area (Å²) in [7, 11) is 1.78. The van der Waals surface area contributed by atoms with Crippen LogP contribution in [0.3, 0.4) is 0 Å². The Kier molecular flexibility index (Phi) is 28.6. The first-order valence-corrected chi connectivity index (χ1v) is 27.5. The van der Waals surface area contributed by atoms with E-state index in [1.54, 1.807) is 92.1 Å². The van der Waals surface area contributed by atoms with Crippen molar-refractivity contribution in [2.45, 2.75) is 202 Å². The average molecular weight is 1110 g/mol. The number of Topliss-reactive ketones (excluding diaryl/α,β-unsaturated/α-hetero) is 1. The van der Waals surface area contributed by atoms with Crippen molar-refractivity contribution in [3.8, 4) is 0 Å². The van der Waals surface area contributed by atoms with Crippen LogP contribution in [0, 0.1) is 17.8 Å². The number of cyclic esters (lactones) is 1. The number of ketones is 1. The van der Waals surface area contributed by atoms with Gasteiger partial charge < -0.3 is 86.2 Å². The molecule has 3 aliphatic heterocycles. The number of ether oxygens (including phenoxy) is 4. The van der Waals surface area contributed by atoms with E-state index in [9.17, 15) is 70.6 Å². The highest BCUT2D eigenvalue weighted by molar-refractivity contribution is 5.96. The molecule has 0 radical (unpaired) electrons. The van der Waals surface area contributed by atoms with Crippen LogP contribution in [0.1, 0.15) is 115 Å². The maximum absolute atomic E-state index is 13.3. The summed E-state index contributed by atoms with van der Waals surface area (Å²) in [5, 5.41) is 122. The Hall–Kier alpha value is -4.75. The smallest absolute Gasteiger partial charge is 0.311 e. The fourth-order valence-electron chi connectivity index (χ4n) is 10.1. The van der Waals surface area contributed by atoms with Crippen LogP contribution in [0.15, 0.2) is 109 Å². The van der Waals surface area contributed by atoms with Gasteiger partial charge in [0.25, 0.3) is 0 Å². The fourth-order valence-corrected chi connectivity index (χ4v) is 10.1. The third kappa shape index (κ3) is 23.3. The summed E-state index contributed by atoms with van der Waals surface area (Å²) in [5.41, 5.74) is 7.39. The number of aliphatic hydroxyl groups excluding tert-OH is 9. The SMILES string of the molecule is CNc1ccc(C(=O)C[C@@H](O)CC[C@@H](C)[C@H]2OC(=O)C[C@H](O)C[C@H](O)CCC[C@@H](O)C[C@@H](O)C[C@H](O)C[C@@]3(O)C[C@@H](O)[C@H](C(=O)O)[C@@H](C[C@@H](O[C@@H]4O[C@H](C)[C@@H](O)[C@H](N)[C@@H]4O)\C=C/C=C\C=C/C=C\C=C/C=C\C=C/[C@@H]2C)O3)cc1. The van der Waals surface area contributed by atoms with Crippen LogP contribution in [0.4, 0.5) is 5.69 Å². The number of carboxylic acid groups (broad SMARTS) is 1. The second-order valence-corrected chi connectivity index (χ2v) is 21.4. The van der Waals surface area contributed by atoms with Gasteiger partial charge in [-0.25, -0.2) is 0 Å². The van der Waals surface area contributed by atoms with Crippen molar-refractivity contribution in [1.82, 2.24) is 0 Å². The van der Waals surface area contributed by atoms with Crippen molar-refractivity contribution >= 4 is 23.4 Å². The third-order valence-electron chi connectivity index (χ3n) is 14.5. The Balaban J connectivity index is 1.52. The molecule has 3 aliphatic rings. The van der Waals surface area contributed by atoms with E-state index in [1.165, 1.54) is 13.0 Å². The number of nitrogens with two attached hydrogens (primary N) is 1. The highest BCUT2D eigenvalue weighted by atomic mass is 16.7. The van der Waals surface area contributed by atoms with E-state index in [0.29, 0.717) is 12.0 Å². The summed E-state index contributed by atoms with van der Waals surface area (Å²) in [6, 6.07) is 5.82. The van der Waals surface area contributed by atoms with E-state index in [4.69, 9.17) is 24.7 Å². The van der Waals surface area contributed by atoms with Crippen molar-refractivity contribution < 1.29 is 89.5 Å². The fraction of sp³-hybridized carbons (Fsp3) is 0.610. The van der Waals surface area contributed by atoms with E-state index in [0.717, 1.165) is 5.69 Å². The molecule has 3 heterocycles. The Morgan fingerprint density at radius 3 is 1.89 bits per heavy atom. The number of allylic oxidation sites excluding steroid dienone is 12. The zero-order valence-corrected chi connectivity index (χ0v) is 45.8. The third-order valence-corrected chi connectivity index (χ3v) is 14.5. The number of fused-ring (bicyclic) bond motifs is 2. The predicted octanol–water partition coefficient (Wildman–Crippen LogP) is 3.57. The number of carbonyl (C=O) groups excluding carboxylic acids is 2. The molecule has 442 valence electrons. The maximum Gasteiger partial charge on any atom is 0.311 e. The predicted molar refractivity (Wildman–Crippen MR) is 295 cm³/mol. The molecule has 2 bridgehead atoms. The molecule has 20 nitrogen and oxygen atoms in total. The summed E-state index contributed by atoms with van der Waals surface area (Å²) >= 11 is 0. The summed E-state index contributed by atoms with van der Waals surface area (Å²) < 4.78 is 23.8. The number of carbonyl (C=O) groups is 3. The minimum Gasteiger partial charge on any atom is -0.481 e. The van der Waals surface area contributed by atoms with Crippen molar-refractivity contribution in [3.63, 3.8) is 0 Å². The van der Waals surface area contributed by atoms with E-state index in [2.05, 4.69) is 5.32 Å². The van der Waals surface area contributed by atoms with Gasteiger partial charge >= 0.3 is 11.9 Å². The Labute approximate surface area is 463 Å². The average Bonchev–Trinajstić information content (AvgIpc) is 3.40. The van der Waals surface area contributed by atoms with Crippen LogP contribution < -0.4 is 11.1 Å². The second kappa shape index (κ2) is 33.9. The first kappa shape index (κ1) is 66.8. The largest absolute Gasteiger partial charge is 0.481 e. The number of hydrogen-bond acceptors (Lipinski definition) is 19. The monoisotopic (exact) mass is 1110 g/mol. The number of nitrogens with one attached hydrogen (secondary N) is 1. The number of rotatable bonds is 11. The van der Waals surface area contributed by atoms with Gasteiger partial charge in [-0.1, -0.05) is 98.9 Å². The number of anilines is 1. The van der Waals surface area contributed by atoms with E-state index in [-0.39, 0.29) is 75.4 Å². The Morgan fingerprint density at radius 1 is 0.747 bits per heavy atom. The van der Waals surface area contributed by atoms with Crippen LogP contribution >= 0.6 is 0 Å². The van der Waals surface area contributed by atoms with Gasteiger partial charge in [-0.15, -0.1) is 0 Å². The van der Waals surface area contributed by atoms with Gasteiger partial charge in [-0.3, -0.25) is 14.4 Å². The molecule has 0 spiro atoms. The number of esters is 1. The molecule has 14 N–H and O–H groups in total. The number of hydrogen-bond donors (Lipinski definition) is 13. The quantitative estimate of drug-likeness (QED) is 0.111. The summed E-state index contributed by atoms with van der Waals surface area (Å²) in [6.45, 7) is 5.31. The molecule has 4 rings (SSSR count). The van der Waals surface area contributed by atoms with Crippen molar-refractivity contribution in [2.24, 2.45) is 23.5 Å². The lowest BCUT2D eigenvalue weighted by Crippen LogP contribution is -2.61. The molecule has 2 saturated heterocycles. The molecular formula is C59H88N2O18. The molecule has 20 heteroatoms. The van der Waals surface area contributed by atoms with Crippen LogP contribution in [-0.2, 0) is 28.5 Å². The van der Waals surface area contributed by atoms with Gasteiger partial charge in [-0.2, -0.15) is 0 Å². The minimum absolute atomic E-state index is 0.0782. The minimum atomic E-state index is -2.29. The normalized spacial score (nSPS) is 38.3. The Bertz CT molecular complexity index is 2220. The topological polar surface area (TPSA) is 349 Å².